The van der Waals surface area contributed by atoms with E-state index in [1.807, 2.05) is 24.1 Å². The number of carbonyl (C=O) groups is 1. The van der Waals surface area contributed by atoms with Gasteiger partial charge in [-0.1, -0.05) is 5.16 Å². The fraction of sp³-hybridized carbons (Fsp3) is 0.474. The summed E-state index contributed by atoms with van der Waals surface area (Å²) in [5, 5.41) is 7.65. The van der Waals surface area contributed by atoms with Crippen molar-refractivity contribution >= 4 is 28.8 Å². The first kappa shape index (κ1) is 17.0. The van der Waals surface area contributed by atoms with Crippen LogP contribution in [0.5, 0.6) is 0 Å². The van der Waals surface area contributed by atoms with Crippen LogP contribution < -0.4 is 10.2 Å². The van der Waals surface area contributed by atoms with Crippen molar-refractivity contribution in [3.8, 4) is 0 Å². The van der Waals surface area contributed by atoms with Gasteiger partial charge in [-0.15, -0.1) is 0 Å². The zero-order valence-corrected chi connectivity index (χ0v) is 15.9. The van der Waals surface area contributed by atoms with Gasteiger partial charge in [0.1, 0.15) is 17.8 Å². The first-order valence-corrected chi connectivity index (χ1v) is 9.58. The van der Waals surface area contributed by atoms with E-state index in [-0.39, 0.29) is 6.03 Å². The molecule has 9 heteroatoms. The van der Waals surface area contributed by atoms with Gasteiger partial charge in [-0.05, 0) is 37.7 Å². The number of nitrogens with one attached hydrogen (secondary N) is 2. The Labute approximate surface area is 162 Å². The molecule has 1 saturated heterocycles. The number of hydrogen-bond donors (Lipinski definition) is 2. The van der Waals surface area contributed by atoms with Gasteiger partial charge in [0.2, 0.25) is 5.88 Å². The molecule has 2 aliphatic rings. The number of amides is 2. The number of fused-ring (bicyclic) bond motifs is 2. The third-order valence-corrected chi connectivity index (χ3v) is 6.09. The minimum absolute atomic E-state index is 0.111. The Hall–Kier alpha value is -3.10. The molecule has 4 heterocycles. The van der Waals surface area contributed by atoms with Crippen LogP contribution in [0.15, 0.2) is 29.2 Å². The van der Waals surface area contributed by atoms with Crippen LogP contribution in [-0.2, 0) is 0 Å². The molecule has 3 atom stereocenters. The largest absolute Gasteiger partial charge is 0.356 e. The van der Waals surface area contributed by atoms with E-state index < -0.39 is 0 Å². The fourth-order valence-electron chi connectivity index (χ4n) is 4.67. The monoisotopic (exact) mass is 381 g/mol. The predicted molar refractivity (Wildman–Crippen MR) is 104 cm³/mol. The van der Waals surface area contributed by atoms with Crippen LogP contribution in [0.1, 0.15) is 18.5 Å². The number of aryl methyl sites for hydroxylation is 1. The molecule has 1 aliphatic heterocycles. The van der Waals surface area contributed by atoms with Crippen molar-refractivity contribution in [3.05, 3.63) is 30.4 Å². The molecule has 2 amide bonds. The van der Waals surface area contributed by atoms with Crippen LogP contribution >= 0.6 is 0 Å². The molecule has 5 rings (SSSR count). The first-order valence-electron chi connectivity index (χ1n) is 9.58. The van der Waals surface area contributed by atoms with E-state index in [1.54, 1.807) is 12.4 Å². The fourth-order valence-corrected chi connectivity index (χ4v) is 4.67. The van der Waals surface area contributed by atoms with Gasteiger partial charge in [0.05, 0.1) is 11.1 Å². The summed E-state index contributed by atoms with van der Waals surface area (Å²) in [6, 6.07) is 4.06. The summed E-state index contributed by atoms with van der Waals surface area (Å²) in [6.07, 6.45) is 5.62. The number of nitrogens with zero attached hydrogens (tertiary/aromatic N) is 5. The summed E-state index contributed by atoms with van der Waals surface area (Å²) in [5.74, 6) is 2.39. The molecule has 1 unspecified atom stereocenters. The highest BCUT2D eigenvalue weighted by Gasteiger charge is 2.44. The molecule has 146 valence electrons. The standard InChI is InChI=1S/C19H23N7O2/c1-11-5-16(28-24-11)23-19(27)26-8-12-6-14(7-13(12)9-26)25(2)18-15-3-4-20-17(15)21-10-22-18/h3-5,10,12-14H,6-9H2,1-2H3,(H,23,27)(H,20,21,22)/t12-,13+,14?. The second-order valence-electron chi connectivity index (χ2n) is 7.86. The topological polar surface area (TPSA) is 103 Å². The van der Waals surface area contributed by atoms with E-state index in [0.717, 1.165) is 48.5 Å². The summed E-state index contributed by atoms with van der Waals surface area (Å²) in [5.41, 5.74) is 1.61. The van der Waals surface area contributed by atoms with Crippen molar-refractivity contribution in [1.82, 2.24) is 25.0 Å². The molecule has 0 aromatic carbocycles. The van der Waals surface area contributed by atoms with E-state index in [2.05, 4.69) is 37.4 Å². The SMILES string of the molecule is Cc1cc(NC(=O)N2C[C@H]3CC(N(C)c4ncnc5[nH]ccc45)C[C@H]3C2)on1. The van der Waals surface area contributed by atoms with E-state index in [9.17, 15) is 4.79 Å². The number of anilines is 2. The molecular formula is C19H23N7O2. The summed E-state index contributed by atoms with van der Waals surface area (Å²) < 4.78 is 5.08. The Balaban J connectivity index is 1.23. The molecule has 1 saturated carbocycles. The Bertz CT molecular complexity index is 999. The number of H-pyrrole nitrogens is 1. The zero-order chi connectivity index (χ0) is 19.3. The van der Waals surface area contributed by atoms with Crippen molar-refractivity contribution in [2.24, 2.45) is 11.8 Å². The summed E-state index contributed by atoms with van der Waals surface area (Å²) in [6.45, 7) is 3.38. The number of urea groups is 1. The number of hydrogen-bond acceptors (Lipinski definition) is 6. The molecule has 0 bridgehead atoms. The Morgan fingerprint density at radius 3 is 2.82 bits per heavy atom. The van der Waals surface area contributed by atoms with Gasteiger partial charge in [-0.25, -0.2) is 14.8 Å². The lowest BCUT2D eigenvalue weighted by molar-refractivity contribution is 0.217. The number of rotatable bonds is 3. The van der Waals surface area contributed by atoms with Crippen molar-refractivity contribution in [2.45, 2.75) is 25.8 Å². The summed E-state index contributed by atoms with van der Waals surface area (Å²) in [7, 11) is 2.11. The Kier molecular flexibility index (Phi) is 3.96. The third-order valence-electron chi connectivity index (χ3n) is 6.09. The molecule has 2 N–H and O–H groups in total. The second-order valence-corrected chi connectivity index (χ2v) is 7.86. The molecule has 0 radical (unpaired) electrons. The van der Waals surface area contributed by atoms with Crippen LogP contribution in [0.2, 0.25) is 0 Å². The highest BCUT2D eigenvalue weighted by atomic mass is 16.5. The van der Waals surface area contributed by atoms with Gasteiger partial charge in [-0.2, -0.15) is 0 Å². The molecule has 9 nitrogen and oxygen atoms in total. The van der Waals surface area contributed by atoms with Gasteiger partial charge < -0.3 is 19.3 Å². The van der Waals surface area contributed by atoms with Crippen LogP contribution in [0.3, 0.4) is 0 Å². The quantitative estimate of drug-likeness (QED) is 0.723. The smallest absolute Gasteiger partial charge is 0.324 e. The maximum Gasteiger partial charge on any atom is 0.324 e. The molecule has 3 aromatic rings. The lowest BCUT2D eigenvalue weighted by atomic mass is 10.0. The van der Waals surface area contributed by atoms with E-state index >= 15 is 0 Å². The van der Waals surface area contributed by atoms with Crippen LogP contribution in [0, 0.1) is 18.8 Å². The molecule has 1 aliphatic carbocycles. The van der Waals surface area contributed by atoms with Crippen LogP contribution in [0.25, 0.3) is 11.0 Å². The molecule has 2 fully saturated rings. The molecular weight excluding hydrogens is 358 g/mol. The number of carbonyl (C=O) groups excluding carboxylic acids is 1. The van der Waals surface area contributed by atoms with Gasteiger partial charge in [0.25, 0.3) is 0 Å². The molecule has 28 heavy (non-hydrogen) atoms. The average molecular weight is 381 g/mol. The highest BCUT2D eigenvalue weighted by molar-refractivity contribution is 5.88. The minimum atomic E-state index is -0.111. The summed E-state index contributed by atoms with van der Waals surface area (Å²) in [4.78, 5) is 28.6. The second kappa shape index (κ2) is 6.50. The molecule has 0 spiro atoms. The van der Waals surface area contributed by atoms with Crippen molar-refractivity contribution in [3.63, 3.8) is 0 Å². The molecule has 3 aromatic heterocycles. The lowest BCUT2D eigenvalue weighted by Gasteiger charge is -2.27. The van der Waals surface area contributed by atoms with Crippen LogP contribution in [-0.4, -0.2) is 57.2 Å². The number of aromatic nitrogens is 4. The lowest BCUT2D eigenvalue weighted by Crippen LogP contribution is -2.36. The maximum absolute atomic E-state index is 12.5. The van der Waals surface area contributed by atoms with Crippen LogP contribution in [0.4, 0.5) is 16.5 Å². The van der Waals surface area contributed by atoms with E-state index in [4.69, 9.17) is 4.52 Å². The minimum Gasteiger partial charge on any atom is -0.356 e. The highest BCUT2D eigenvalue weighted by Crippen LogP contribution is 2.41. The number of likely N-dealkylation sites (tertiary alicyclic amines) is 1. The Morgan fingerprint density at radius 2 is 2.11 bits per heavy atom. The third kappa shape index (κ3) is 2.87. The predicted octanol–water partition coefficient (Wildman–Crippen LogP) is 2.63. The van der Waals surface area contributed by atoms with Crippen molar-refractivity contribution in [1.29, 1.82) is 0 Å². The number of aromatic amines is 1. The van der Waals surface area contributed by atoms with Crippen molar-refractivity contribution < 1.29 is 9.32 Å². The first-order chi connectivity index (χ1) is 13.6. The van der Waals surface area contributed by atoms with E-state index in [0.29, 0.717) is 23.8 Å². The average Bonchev–Trinajstić information content (AvgIpc) is 3.43. The Morgan fingerprint density at radius 1 is 1.32 bits per heavy atom. The zero-order valence-electron chi connectivity index (χ0n) is 15.9. The normalized spacial score (nSPS) is 23.9. The van der Waals surface area contributed by atoms with E-state index in [1.165, 1.54) is 0 Å². The van der Waals surface area contributed by atoms with Gasteiger partial charge in [0, 0.05) is 38.4 Å². The van der Waals surface area contributed by atoms with Gasteiger partial charge >= 0.3 is 6.03 Å². The summed E-state index contributed by atoms with van der Waals surface area (Å²) >= 11 is 0. The van der Waals surface area contributed by atoms with Gasteiger partial charge in [-0.3, -0.25) is 5.32 Å². The van der Waals surface area contributed by atoms with Gasteiger partial charge in [0.15, 0.2) is 0 Å². The van der Waals surface area contributed by atoms with Crippen molar-refractivity contribution in [2.75, 3.05) is 30.4 Å². The maximum atomic E-state index is 12.5.